The molecule has 0 bridgehead atoms. The Morgan fingerprint density at radius 2 is 1.74 bits per heavy atom. The molecule has 0 fully saturated rings. The number of ether oxygens (including phenoxy) is 1. The molecule has 1 N–H and O–H groups in total. The molecule has 0 aliphatic heterocycles. The van der Waals surface area contributed by atoms with E-state index in [2.05, 4.69) is 65.1 Å². The molecule has 1 rings (SSSR count). The van der Waals surface area contributed by atoms with Gasteiger partial charge in [-0.05, 0) is 35.6 Å². The van der Waals surface area contributed by atoms with Crippen LogP contribution in [0.1, 0.15) is 47.1 Å². The van der Waals surface area contributed by atoms with Crippen LogP contribution in [0.3, 0.4) is 0 Å². The molecular weight excluding hydrogens is 234 g/mol. The van der Waals surface area contributed by atoms with E-state index < -0.39 is 0 Å². The van der Waals surface area contributed by atoms with Crippen molar-refractivity contribution in [2.45, 2.75) is 53.0 Å². The molecule has 0 amide bonds. The number of hydrogen-bond donors (Lipinski definition) is 1. The van der Waals surface area contributed by atoms with Crippen molar-refractivity contribution in [1.29, 1.82) is 0 Å². The first-order valence-corrected chi connectivity index (χ1v) is 7.05. The fourth-order valence-electron chi connectivity index (χ4n) is 2.00. The lowest BCUT2D eigenvalue weighted by Crippen LogP contribution is -2.42. The molecule has 19 heavy (non-hydrogen) atoms. The van der Waals surface area contributed by atoms with Crippen LogP contribution in [0.25, 0.3) is 0 Å². The van der Waals surface area contributed by atoms with Gasteiger partial charge in [0.15, 0.2) is 0 Å². The van der Waals surface area contributed by atoms with Gasteiger partial charge in [0.25, 0.3) is 0 Å². The van der Waals surface area contributed by atoms with Crippen LogP contribution in [0.4, 0.5) is 0 Å². The minimum absolute atomic E-state index is 0.159. The summed E-state index contributed by atoms with van der Waals surface area (Å²) in [4.78, 5) is 0. The maximum atomic E-state index is 5.96. The highest BCUT2D eigenvalue weighted by Gasteiger charge is 2.23. The fourth-order valence-corrected chi connectivity index (χ4v) is 2.00. The number of likely N-dealkylation sites (N-methyl/N-ethyl adjacent to an activating group) is 1. The molecular formula is C17H29NO. The van der Waals surface area contributed by atoms with Gasteiger partial charge in [-0.25, -0.2) is 0 Å². The Balaban J connectivity index is 2.73. The minimum Gasteiger partial charge on any atom is -0.492 e. The van der Waals surface area contributed by atoms with Crippen LogP contribution < -0.4 is 10.1 Å². The lowest BCUT2D eigenvalue weighted by Gasteiger charge is -2.30. The summed E-state index contributed by atoms with van der Waals surface area (Å²) in [7, 11) is 1.99. The van der Waals surface area contributed by atoms with Crippen molar-refractivity contribution in [3.05, 3.63) is 29.8 Å². The average molecular weight is 263 g/mol. The van der Waals surface area contributed by atoms with Crippen LogP contribution in [0.15, 0.2) is 24.3 Å². The van der Waals surface area contributed by atoms with Gasteiger partial charge in [0.1, 0.15) is 12.4 Å². The Morgan fingerprint density at radius 1 is 1.11 bits per heavy atom. The van der Waals surface area contributed by atoms with E-state index in [1.54, 1.807) is 0 Å². The maximum absolute atomic E-state index is 5.96. The molecule has 0 radical (unpaired) electrons. The molecule has 2 nitrogen and oxygen atoms in total. The first-order chi connectivity index (χ1) is 8.64. The van der Waals surface area contributed by atoms with Crippen molar-refractivity contribution in [2.75, 3.05) is 13.7 Å². The van der Waals surface area contributed by atoms with E-state index >= 15 is 0 Å². The van der Waals surface area contributed by atoms with E-state index in [0.29, 0.717) is 12.6 Å². The Hall–Kier alpha value is -1.02. The zero-order valence-corrected chi connectivity index (χ0v) is 13.5. The smallest absolute Gasteiger partial charge is 0.119 e. The molecule has 1 aromatic carbocycles. The maximum Gasteiger partial charge on any atom is 0.119 e. The Bertz CT molecular complexity index is 398. The van der Waals surface area contributed by atoms with Crippen LogP contribution in [-0.2, 0) is 5.41 Å². The standard InChI is InChI=1S/C17H29NO/c1-16(2,3)13-9-8-10-14(11-13)19-12-15(18-7)17(4,5)6/h8-11,15,18H,12H2,1-7H3. The van der Waals surface area contributed by atoms with Gasteiger partial charge in [0.2, 0.25) is 0 Å². The summed E-state index contributed by atoms with van der Waals surface area (Å²) in [5, 5.41) is 3.33. The van der Waals surface area contributed by atoms with Crippen molar-refractivity contribution in [3.63, 3.8) is 0 Å². The van der Waals surface area contributed by atoms with Crippen molar-refractivity contribution in [3.8, 4) is 5.75 Å². The van der Waals surface area contributed by atoms with E-state index in [9.17, 15) is 0 Å². The largest absolute Gasteiger partial charge is 0.492 e. The van der Waals surface area contributed by atoms with Gasteiger partial charge >= 0.3 is 0 Å². The van der Waals surface area contributed by atoms with E-state index in [4.69, 9.17) is 4.74 Å². The molecule has 1 unspecified atom stereocenters. The molecule has 2 heteroatoms. The van der Waals surface area contributed by atoms with E-state index in [1.165, 1.54) is 5.56 Å². The summed E-state index contributed by atoms with van der Waals surface area (Å²) >= 11 is 0. The molecule has 1 atom stereocenters. The molecule has 0 saturated heterocycles. The average Bonchev–Trinajstić information content (AvgIpc) is 2.27. The minimum atomic E-state index is 0.159. The molecule has 0 aliphatic rings. The fraction of sp³-hybridized carbons (Fsp3) is 0.647. The summed E-state index contributed by atoms with van der Waals surface area (Å²) < 4.78 is 5.96. The zero-order chi connectivity index (χ0) is 14.7. The van der Waals surface area contributed by atoms with Gasteiger partial charge in [-0.1, -0.05) is 53.7 Å². The normalized spacial score (nSPS) is 14.3. The number of hydrogen-bond acceptors (Lipinski definition) is 2. The Kier molecular flexibility index (Phi) is 5.03. The molecule has 0 aromatic heterocycles. The third-order valence-corrected chi connectivity index (χ3v) is 3.51. The lowest BCUT2D eigenvalue weighted by atomic mass is 9.87. The Labute approximate surface area is 118 Å². The molecule has 0 aliphatic carbocycles. The monoisotopic (exact) mass is 263 g/mol. The summed E-state index contributed by atoms with van der Waals surface area (Å²) in [6, 6.07) is 8.75. The lowest BCUT2D eigenvalue weighted by molar-refractivity contribution is 0.181. The van der Waals surface area contributed by atoms with Crippen LogP contribution in [0, 0.1) is 5.41 Å². The van der Waals surface area contributed by atoms with Crippen molar-refractivity contribution < 1.29 is 4.74 Å². The summed E-state index contributed by atoms with van der Waals surface area (Å²) in [6.07, 6.45) is 0. The van der Waals surface area contributed by atoms with Crippen LogP contribution in [0.5, 0.6) is 5.75 Å². The summed E-state index contributed by atoms with van der Waals surface area (Å²) in [5.41, 5.74) is 1.66. The van der Waals surface area contributed by atoms with E-state index in [1.807, 2.05) is 13.1 Å². The molecule has 0 spiro atoms. The third kappa shape index (κ3) is 4.87. The predicted molar refractivity (Wildman–Crippen MR) is 82.9 cm³/mol. The first kappa shape index (κ1) is 16.0. The molecule has 0 saturated carbocycles. The summed E-state index contributed by atoms with van der Waals surface area (Å²) in [6.45, 7) is 14.0. The Morgan fingerprint density at radius 3 is 2.21 bits per heavy atom. The van der Waals surface area contributed by atoms with Gasteiger partial charge in [0, 0.05) is 6.04 Å². The van der Waals surface area contributed by atoms with E-state index in [0.717, 1.165) is 5.75 Å². The number of nitrogens with one attached hydrogen (secondary N) is 1. The van der Waals surface area contributed by atoms with Gasteiger partial charge in [-0.15, -0.1) is 0 Å². The second kappa shape index (κ2) is 5.96. The number of rotatable bonds is 4. The molecule has 0 heterocycles. The van der Waals surface area contributed by atoms with Crippen molar-refractivity contribution in [1.82, 2.24) is 5.32 Å². The van der Waals surface area contributed by atoms with Crippen LogP contribution in [0.2, 0.25) is 0 Å². The quantitative estimate of drug-likeness (QED) is 0.886. The van der Waals surface area contributed by atoms with Crippen molar-refractivity contribution in [2.24, 2.45) is 5.41 Å². The van der Waals surface area contributed by atoms with Gasteiger partial charge < -0.3 is 10.1 Å². The van der Waals surface area contributed by atoms with Crippen LogP contribution in [-0.4, -0.2) is 19.7 Å². The van der Waals surface area contributed by atoms with Crippen LogP contribution >= 0.6 is 0 Å². The van der Waals surface area contributed by atoms with Gasteiger partial charge in [0.05, 0.1) is 0 Å². The summed E-state index contributed by atoms with van der Waals surface area (Å²) in [5.74, 6) is 0.955. The molecule has 108 valence electrons. The SMILES string of the molecule is CNC(COc1cccc(C(C)(C)C)c1)C(C)(C)C. The highest BCUT2D eigenvalue weighted by atomic mass is 16.5. The van der Waals surface area contributed by atoms with Crippen molar-refractivity contribution >= 4 is 0 Å². The second-order valence-corrected chi connectivity index (χ2v) is 7.30. The zero-order valence-electron chi connectivity index (χ0n) is 13.5. The predicted octanol–water partition coefficient (Wildman–Crippen LogP) is 4.00. The third-order valence-electron chi connectivity index (χ3n) is 3.51. The van der Waals surface area contributed by atoms with E-state index in [-0.39, 0.29) is 10.8 Å². The molecule has 1 aromatic rings. The highest BCUT2D eigenvalue weighted by molar-refractivity contribution is 5.32. The first-order valence-electron chi connectivity index (χ1n) is 7.05. The topological polar surface area (TPSA) is 21.3 Å². The number of benzene rings is 1. The van der Waals surface area contributed by atoms with Gasteiger partial charge in [-0.2, -0.15) is 0 Å². The second-order valence-electron chi connectivity index (χ2n) is 7.30. The highest BCUT2D eigenvalue weighted by Crippen LogP contribution is 2.26. The van der Waals surface area contributed by atoms with Gasteiger partial charge in [-0.3, -0.25) is 0 Å².